The summed E-state index contributed by atoms with van der Waals surface area (Å²) in [4.78, 5) is 26.5. The highest BCUT2D eigenvalue weighted by atomic mass is 16.5. The highest BCUT2D eigenvalue weighted by molar-refractivity contribution is 5.77. The van der Waals surface area contributed by atoms with Gasteiger partial charge in [-0.1, -0.05) is 17.3 Å². The fourth-order valence-electron chi connectivity index (χ4n) is 3.48. The first kappa shape index (κ1) is 15.7. The van der Waals surface area contributed by atoms with Crippen molar-refractivity contribution in [2.75, 3.05) is 6.54 Å². The Morgan fingerprint density at radius 2 is 2.20 bits per heavy atom. The highest BCUT2D eigenvalue weighted by Crippen LogP contribution is 2.32. The van der Waals surface area contributed by atoms with Crippen LogP contribution in [0.1, 0.15) is 36.8 Å². The van der Waals surface area contributed by atoms with Crippen molar-refractivity contribution in [2.24, 2.45) is 0 Å². The van der Waals surface area contributed by atoms with Crippen molar-refractivity contribution in [2.45, 2.75) is 38.8 Å². The molecular weight excluding hydrogens is 322 g/mol. The van der Waals surface area contributed by atoms with E-state index in [-0.39, 0.29) is 18.4 Å². The largest absolute Gasteiger partial charge is 0.419 e. The molecule has 0 saturated carbocycles. The van der Waals surface area contributed by atoms with Crippen LogP contribution in [0, 0.1) is 6.92 Å². The van der Waals surface area contributed by atoms with E-state index in [1.165, 1.54) is 4.57 Å². The van der Waals surface area contributed by atoms with Crippen LogP contribution in [0.4, 0.5) is 0 Å². The van der Waals surface area contributed by atoms with E-state index < -0.39 is 5.76 Å². The van der Waals surface area contributed by atoms with Gasteiger partial charge in [-0.2, -0.15) is 0 Å². The summed E-state index contributed by atoms with van der Waals surface area (Å²) in [6.07, 6.45) is 2.05. The number of fused-ring (bicyclic) bond motifs is 1. The maximum Gasteiger partial charge on any atom is 0.419 e. The maximum absolute atomic E-state index is 12.7. The van der Waals surface area contributed by atoms with E-state index in [4.69, 9.17) is 8.94 Å². The van der Waals surface area contributed by atoms with Gasteiger partial charge in [0.05, 0.1) is 17.3 Å². The molecule has 0 N–H and O–H groups in total. The minimum absolute atomic E-state index is 0.00809. The molecule has 1 amide bonds. The molecule has 3 heterocycles. The molecule has 1 saturated heterocycles. The first-order valence-electron chi connectivity index (χ1n) is 8.44. The second-order valence-corrected chi connectivity index (χ2v) is 6.35. The lowest BCUT2D eigenvalue weighted by molar-refractivity contribution is -0.132. The molecule has 0 spiro atoms. The summed E-state index contributed by atoms with van der Waals surface area (Å²) in [5.41, 5.74) is 2.06. The number of nitrogens with zero attached hydrogens (tertiary/aromatic N) is 3. The molecule has 1 aromatic carbocycles. The van der Waals surface area contributed by atoms with Crippen LogP contribution < -0.4 is 5.76 Å². The van der Waals surface area contributed by atoms with E-state index in [1.807, 2.05) is 36.1 Å². The normalized spacial score (nSPS) is 17.5. The maximum atomic E-state index is 12.7. The highest BCUT2D eigenvalue weighted by Gasteiger charge is 2.32. The van der Waals surface area contributed by atoms with Gasteiger partial charge in [0, 0.05) is 25.6 Å². The fraction of sp³-hybridized carbons (Fsp3) is 0.389. The lowest BCUT2D eigenvalue weighted by atomic mass is 10.1. The van der Waals surface area contributed by atoms with Gasteiger partial charge in [0.25, 0.3) is 0 Å². The number of para-hydroxylation sites is 2. The van der Waals surface area contributed by atoms with E-state index >= 15 is 0 Å². The average molecular weight is 341 g/mol. The predicted molar refractivity (Wildman–Crippen MR) is 90.0 cm³/mol. The zero-order chi connectivity index (χ0) is 17.4. The Hall–Kier alpha value is -2.83. The van der Waals surface area contributed by atoms with Crippen molar-refractivity contribution < 1.29 is 13.7 Å². The zero-order valence-corrected chi connectivity index (χ0v) is 14.0. The number of oxazole rings is 1. The smallest absolute Gasteiger partial charge is 0.408 e. The molecule has 4 rings (SSSR count). The van der Waals surface area contributed by atoms with Gasteiger partial charge < -0.3 is 13.8 Å². The van der Waals surface area contributed by atoms with Gasteiger partial charge in [-0.3, -0.25) is 9.36 Å². The number of amides is 1. The SMILES string of the molecule is Cc1cc([C@@H]2CCCN2C(=O)CCn2c(=O)oc3ccccc32)on1. The molecule has 0 unspecified atom stereocenters. The molecular formula is C18H19N3O4. The Labute approximate surface area is 143 Å². The van der Waals surface area contributed by atoms with E-state index in [0.29, 0.717) is 24.2 Å². The number of benzene rings is 1. The van der Waals surface area contributed by atoms with Gasteiger partial charge in [-0.05, 0) is 31.9 Å². The molecule has 1 aliphatic rings. The number of carbonyl (C=O) groups is 1. The Balaban J connectivity index is 1.50. The average Bonchev–Trinajstić information content (AvgIpc) is 3.30. The number of carbonyl (C=O) groups excluding carboxylic acids is 1. The van der Waals surface area contributed by atoms with Crippen LogP contribution in [-0.4, -0.2) is 27.1 Å². The first-order chi connectivity index (χ1) is 12.1. The lowest BCUT2D eigenvalue weighted by Crippen LogP contribution is -2.31. The van der Waals surface area contributed by atoms with E-state index in [1.54, 1.807) is 6.07 Å². The molecule has 0 radical (unpaired) electrons. The van der Waals surface area contributed by atoms with Crippen molar-refractivity contribution in [3.05, 3.63) is 52.3 Å². The third-order valence-corrected chi connectivity index (χ3v) is 4.67. The van der Waals surface area contributed by atoms with Gasteiger partial charge >= 0.3 is 5.76 Å². The second kappa shape index (κ2) is 6.23. The van der Waals surface area contributed by atoms with Crippen LogP contribution in [0.3, 0.4) is 0 Å². The first-order valence-corrected chi connectivity index (χ1v) is 8.44. The molecule has 7 heteroatoms. The van der Waals surface area contributed by atoms with Crippen LogP contribution in [0.2, 0.25) is 0 Å². The summed E-state index contributed by atoms with van der Waals surface area (Å²) in [5, 5.41) is 3.92. The molecule has 1 aliphatic heterocycles. The van der Waals surface area contributed by atoms with Crippen molar-refractivity contribution >= 4 is 17.0 Å². The van der Waals surface area contributed by atoms with E-state index in [0.717, 1.165) is 24.3 Å². The number of hydrogen-bond donors (Lipinski definition) is 0. The number of likely N-dealkylation sites (tertiary alicyclic amines) is 1. The van der Waals surface area contributed by atoms with Crippen LogP contribution in [0.5, 0.6) is 0 Å². The third-order valence-electron chi connectivity index (χ3n) is 4.67. The standard InChI is InChI=1S/C18H19N3O4/c1-12-11-16(25-19-12)14-6-4-9-20(14)17(22)8-10-21-13-5-2-3-7-15(13)24-18(21)23/h2-3,5,7,11,14H,4,6,8-10H2,1H3/t14-/m0/s1. The molecule has 0 bridgehead atoms. The van der Waals surface area contributed by atoms with Crippen molar-refractivity contribution in [1.82, 2.24) is 14.6 Å². The number of aryl methyl sites for hydroxylation is 2. The molecule has 3 aromatic rings. The van der Waals surface area contributed by atoms with E-state index in [2.05, 4.69) is 5.16 Å². The summed E-state index contributed by atoms with van der Waals surface area (Å²) < 4.78 is 12.1. The molecule has 1 fully saturated rings. The molecule has 1 atom stereocenters. The van der Waals surface area contributed by atoms with Gasteiger partial charge in [-0.25, -0.2) is 4.79 Å². The number of hydrogen-bond acceptors (Lipinski definition) is 5. The quantitative estimate of drug-likeness (QED) is 0.729. The van der Waals surface area contributed by atoms with Crippen LogP contribution in [-0.2, 0) is 11.3 Å². The van der Waals surface area contributed by atoms with Crippen molar-refractivity contribution in [3.63, 3.8) is 0 Å². The zero-order valence-electron chi connectivity index (χ0n) is 14.0. The summed E-state index contributed by atoms with van der Waals surface area (Å²) in [6, 6.07) is 9.04. The monoisotopic (exact) mass is 341 g/mol. The lowest BCUT2D eigenvalue weighted by Gasteiger charge is -2.22. The Morgan fingerprint density at radius 1 is 1.36 bits per heavy atom. The Morgan fingerprint density at radius 3 is 3.00 bits per heavy atom. The Kier molecular flexibility index (Phi) is 3.91. The fourth-order valence-corrected chi connectivity index (χ4v) is 3.48. The Bertz CT molecular complexity index is 968. The van der Waals surface area contributed by atoms with E-state index in [9.17, 15) is 9.59 Å². The predicted octanol–water partition coefficient (Wildman–Crippen LogP) is 2.64. The summed E-state index contributed by atoms with van der Waals surface area (Å²) in [6.45, 7) is 2.86. The summed E-state index contributed by atoms with van der Waals surface area (Å²) in [7, 11) is 0. The molecule has 0 aliphatic carbocycles. The number of aromatic nitrogens is 2. The molecule has 25 heavy (non-hydrogen) atoms. The third kappa shape index (κ3) is 2.86. The van der Waals surface area contributed by atoms with Crippen LogP contribution in [0.25, 0.3) is 11.1 Å². The second-order valence-electron chi connectivity index (χ2n) is 6.35. The number of rotatable bonds is 4. The van der Waals surface area contributed by atoms with Crippen molar-refractivity contribution in [1.29, 1.82) is 0 Å². The summed E-state index contributed by atoms with van der Waals surface area (Å²) in [5.74, 6) is 0.306. The van der Waals surface area contributed by atoms with Gasteiger partial charge in [0.15, 0.2) is 11.3 Å². The topological polar surface area (TPSA) is 81.5 Å². The summed E-state index contributed by atoms with van der Waals surface area (Å²) >= 11 is 0. The minimum atomic E-state index is -0.433. The van der Waals surface area contributed by atoms with Gasteiger partial charge in [0.2, 0.25) is 5.91 Å². The van der Waals surface area contributed by atoms with Gasteiger partial charge in [0.1, 0.15) is 0 Å². The molecule has 130 valence electrons. The van der Waals surface area contributed by atoms with Crippen LogP contribution in [0.15, 0.2) is 44.1 Å². The van der Waals surface area contributed by atoms with Gasteiger partial charge in [-0.15, -0.1) is 0 Å². The molecule has 7 nitrogen and oxygen atoms in total. The molecule has 2 aromatic heterocycles. The van der Waals surface area contributed by atoms with Crippen LogP contribution >= 0.6 is 0 Å². The van der Waals surface area contributed by atoms with Crippen molar-refractivity contribution in [3.8, 4) is 0 Å². The minimum Gasteiger partial charge on any atom is -0.408 e.